The number of benzene rings is 2. The van der Waals surface area contributed by atoms with E-state index in [1.165, 1.54) is 41.3 Å². The van der Waals surface area contributed by atoms with E-state index in [4.69, 9.17) is 4.42 Å². The molecule has 0 saturated carbocycles. The second-order valence-electron chi connectivity index (χ2n) is 7.47. The molecule has 0 bridgehead atoms. The quantitative estimate of drug-likeness (QED) is 0.601. The lowest BCUT2D eigenvalue weighted by Crippen LogP contribution is -2.24. The van der Waals surface area contributed by atoms with E-state index in [1.807, 2.05) is 0 Å². The lowest BCUT2D eigenvalue weighted by Gasteiger charge is -2.16. The molecule has 0 radical (unpaired) electrons. The highest BCUT2D eigenvalue weighted by Gasteiger charge is 2.35. The van der Waals surface area contributed by atoms with Crippen molar-refractivity contribution in [1.29, 1.82) is 0 Å². The molecule has 0 aliphatic carbocycles. The molecule has 1 fully saturated rings. The van der Waals surface area contributed by atoms with E-state index in [0.717, 1.165) is 6.26 Å². The van der Waals surface area contributed by atoms with Crippen LogP contribution in [0, 0.1) is 5.82 Å². The fourth-order valence-electron chi connectivity index (χ4n) is 3.40. The molecule has 11 heteroatoms. The number of sulfone groups is 1. The Bertz CT molecular complexity index is 1260. The van der Waals surface area contributed by atoms with Gasteiger partial charge in [-0.3, -0.25) is 14.9 Å². The zero-order valence-electron chi connectivity index (χ0n) is 17.0. The van der Waals surface area contributed by atoms with Crippen LogP contribution in [0.1, 0.15) is 23.8 Å². The number of nitrogens with zero attached hydrogens (tertiary/aromatic N) is 3. The Hall–Kier alpha value is -3.60. The van der Waals surface area contributed by atoms with Crippen molar-refractivity contribution in [3.05, 3.63) is 65.8 Å². The molecule has 1 aromatic heterocycles. The summed E-state index contributed by atoms with van der Waals surface area (Å²) in [5.74, 6) is -1.11. The van der Waals surface area contributed by atoms with Crippen LogP contribution in [0.25, 0.3) is 0 Å². The van der Waals surface area contributed by atoms with E-state index >= 15 is 0 Å². The van der Waals surface area contributed by atoms with Gasteiger partial charge >= 0.3 is 6.01 Å². The van der Waals surface area contributed by atoms with Crippen molar-refractivity contribution < 1.29 is 26.8 Å². The molecule has 1 aliphatic rings. The van der Waals surface area contributed by atoms with Crippen molar-refractivity contribution in [3.63, 3.8) is 0 Å². The fraction of sp³-hybridized carbons (Fsp3) is 0.238. The molecule has 1 saturated heterocycles. The lowest BCUT2D eigenvalue weighted by atomic mass is 10.1. The predicted molar refractivity (Wildman–Crippen MR) is 112 cm³/mol. The monoisotopic (exact) mass is 458 g/mol. The molecule has 2 amide bonds. The first-order valence-electron chi connectivity index (χ1n) is 9.67. The molecule has 2 aromatic carbocycles. The van der Waals surface area contributed by atoms with Crippen LogP contribution in [0.5, 0.6) is 0 Å². The van der Waals surface area contributed by atoms with Gasteiger partial charge in [-0.1, -0.05) is 17.2 Å². The number of hydrogen-bond acceptors (Lipinski definition) is 7. The predicted octanol–water partition coefficient (Wildman–Crippen LogP) is 2.31. The van der Waals surface area contributed by atoms with E-state index in [1.54, 1.807) is 12.1 Å². The molecule has 3 aromatic rings. The summed E-state index contributed by atoms with van der Waals surface area (Å²) >= 11 is 0. The van der Waals surface area contributed by atoms with Gasteiger partial charge in [0.1, 0.15) is 5.82 Å². The molecule has 32 heavy (non-hydrogen) atoms. The van der Waals surface area contributed by atoms with Crippen LogP contribution in [0.3, 0.4) is 0 Å². The number of aromatic nitrogens is 2. The number of nitrogens with one attached hydrogen (secondary N) is 1. The Labute approximate surface area is 183 Å². The smallest absolute Gasteiger partial charge is 0.322 e. The van der Waals surface area contributed by atoms with Gasteiger partial charge in [0, 0.05) is 24.9 Å². The first-order valence-corrected chi connectivity index (χ1v) is 11.6. The summed E-state index contributed by atoms with van der Waals surface area (Å²) in [4.78, 5) is 26.3. The standard InChI is InChI=1S/C21H19FN4O5S/c1-32(29,30)17-8-6-16(7-9-17)26-12-14(11-19(26)28)20-24-25-21(31-20)23-18(27)10-13-2-4-15(22)5-3-13/h2-9,14H,10-12H2,1H3,(H,23,25,27). The third-order valence-electron chi connectivity index (χ3n) is 5.02. The number of amides is 2. The fourth-order valence-corrected chi connectivity index (χ4v) is 4.03. The minimum atomic E-state index is -3.33. The summed E-state index contributed by atoms with van der Waals surface area (Å²) < 4.78 is 41.7. The highest BCUT2D eigenvalue weighted by molar-refractivity contribution is 7.90. The Balaban J connectivity index is 1.39. The van der Waals surface area contributed by atoms with Crippen molar-refractivity contribution in [2.24, 2.45) is 0 Å². The first kappa shape index (κ1) is 21.6. The summed E-state index contributed by atoms with van der Waals surface area (Å²) in [7, 11) is -3.33. The highest BCUT2D eigenvalue weighted by atomic mass is 32.2. The summed E-state index contributed by atoms with van der Waals surface area (Å²) in [6.45, 7) is 0.280. The average Bonchev–Trinajstić information content (AvgIpc) is 3.35. The van der Waals surface area contributed by atoms with Crippen LogP contribution < -0.4 is 10.2 Å². The molecule has 2 heterocycles. The van der Waals surface area contributed by atoms with Gasteiger partial charge in [0.15, 0.2) is 9.84 Å². The zero-order chi connectivity index (χ0) is 22.9. The van der Waals surface area contributed by atoms with Crippen LogP contribution in [0.2, 0.25) is 0 Å². The number of halogens is 1. The maximum Gasteiger partial charge on any atom is 0.322 e. The van der Waals surface area contributed by atoms with Crippen LogP contribution in [0.15, 0.2) is 57.8 Å². The van der Waals surface area contributed by atoms with Crippen molar-refractivity contribution in [2.75, 3.05) is 23.0 Å². The van der Waals surface area contributed by atoms with Gasteiger partial charge in [-0.15, -0.1) is 5.10 Å². The van der Waals surface area contributed by atoms with E-state index in [-0.39, 0.29) is 53.8 Å². The molecule has 1 N–H and O–H groups in total. The van der Waals surface area contributed by atoms with E-state index in [9.17, 15) is 22.4 Å². The van der Waals surface area contributed by atoms with Crippen LogP contribution in [-0.2, 0) is 25.8 Å². The second kappa shape index (κ2) is 8.50. The Morgan fingerprint density at radius 1 is 1.16 bits per heavy atom. The molecule has 1 aliphatic heterocycles. The maximum atomic E-state index is 13.0. The Morgan fingerprint density at radius 3 is 2.50 bits per heavy atom. The average molecular weight is 458 g/mol. The molecule has 166 valence electrons. The number of hydrogen-bond donors (Lipinski definition) is 1. The molecular formula is C21H19FN4O5S. The SMILES string of the molecule is CS(=O)(=O)c1ccc(N2CC(c3nnc(NC(=O)Cc4ccc(F)cc4)o3)CC2=O)cc1. The summed E-state index contributed by atoms with van der Waals surface area (Å²) in [5.41, 5.74) is 1.19. The molecular weight excluding hydrogens is 439 g/mol. The van der Waals surface area contributed by atoms with E-state index in [0.29, 0.717) is 11.3 Å². The van der Waals surface area contributed by atoms with Crippen LogP contribution >= 0.6 is 0 Å². The Kier molecular flexibility index (Phi) is 5.74. The summed E-state index contributed by atoms with van der Waals surface area (Å²) in [6.07, 6.45) is 1.26. The second-order valence-corrected chi connectivity index (χ2v) is 9.48. The van der Waals surface area contributed by atoms with Gasteiger partial charge in [0.25, 0.3) is 0 Å². The van der Waals surface area contributed by atoms with Gasteiger partial charge < -0.3 is 9.32 Å². The number of rotatable bonds is 6. The van der Waals surface area contributed by atoms with E-state index in [2.05, 4.69) is 15.5 Å². The zero-order valence-corrected chi connectivity index (χ0v) is 17.8. The summed E-state index contributed by atoms with van der Waals surface area (Å²) in [5, 5.41) is 10.2. The van der Waals surface area contributed by atoms with Crippen molar-refractivity contribution in [1.82, 2.24) is 10.2 Å². The highest BCUT2D eigenvalue weighted by Crippen LogP contribution is 2.32. The van der Waals surface area contributed by atoms with Crippen molar-refractivity contribution in [2.45, 2.75) is 23.7 Å². The molecule has 1 atom stereocenters. The van der Waals surface area contributed by atoms with Gasteiger partial charge in [-0.25, -0.2) is 12.8 Å². The maximum absolute atomic E-state index is 13.0. The number of carbonyl (C=O) groups is 2. The number of anilines is 2. The van der Waals surface area contributed by atoms with Gasteiger partial charge in [-0.05, 0) is 42.0 Å². The first-order chi connectivity index (χ1) is 15.2. The third kappa shape index (κ3) is 4.83. The summed E-state index contributed by atoms with van der Waals surface area (Å²) in [6, 6.07) is 11.5. The minimum absolute atomic E-state index is 0.0111. The molecule has 4 rings (SSSR count). The molecule has 0 spiro atoms. The largest absolute Gasteiger partial charge is 0.407 e. The van der Waals surface area contributed by atoms with Gasteiger partial charge in [0.2, 0.25) is 17.7 Å². The van der Waals surface area contributed by atoms with Crippen LogP contribution in [0.4, 0.5) is 16.1 Å². The van der Waals surface area contributed by atoms with Gasteiger partial charge in [-0.2, -0.15) is 0 Å². The van der Waals surface area contributed by atoms with Crippen molar-refractivity contribution in [3.8, 4) is 0 Å². The van der Waals surface area contributed by atoms with Crippen molar-refractivity contribution >= 4 is 33.4 Å². The lowest BCUT2D eigenvalue weighted by molar-refractivity contribution is -0.117. The van der Waals surface area contributed by atoms with Crippen LogP contribution in [-0.4, -0.2) is 43.2 Å². The van der Waals surface area contributed by atoms with E-state index < -0.39 is 15.7 Å². The topological polar surface area (TPSA) is 122 Å². The normalized spacial score (nSPS) is 16.4. The minimum Gasteiger partial charge on any atom is -0.407 e. The Morgan fingerprint density at radius 2 is 1.84 bits per heavy atom. The van der Waals surface area contributed by atoms with Gasteiger partial charge in [0.05, 0.1) is 17.2 Å². The number of carbonyl (C=O) groups excluding carboxylic acids is 2. The third-order valence-corrected chi connectivity index (χ3v) is 6.14. The molecule has 1 unspecified atom stereocenters. The molecule has 9 nitrogen and oxygen atoms in total.